The van der Waals surface area contributed by atoms with Crippen molar-refractivity contribution in [2.24, 2.45) is 11.8 Å². The zero-order valence-electron chi connectivity index (χ0n) is 13.9. The van der Waals surface area contributed by atoms with E-state index in [9.17, 15) is 10.1 Å². The van der Waals surface area contributed by atoms with Crippen molar-refractivity contribution in [1.82, 2.24) is 4.90 Å². The maximum Gasteiger partial charge on any atom is 0.270 e. The number of nitro groups is 1. The molecule has 6 nitrogen and oxygen atoms in total. The summed E-state index contributed by atoms with van der Waals surface area (Å²) in [6, 6.07) is 3.25. The van der Waals surface area contributed by atoms with Crippen molar-refractivity contribution < 1.29 is 14.4 Å². The Balaban J connectivity index is 1.55. The summed E-state index contributed by atoms with van der Waals surface area (Å²) in [5.41, 5.74) is 1.85. The van der Waals surface area contributed by atoms with Gasteiger partial charge in [0.15, 0.2) is 6.79 Å². The van der Waals surface area contributed by atoms with E-state index in [0.717, 1.165) is 48.3 Å². The molecule has 1 saturated heterocycles. The van der Waals surface area contributed by atoms with Gasteiger partial charge in [-0.1, -0.05) is 19.3 Å². The van der Waals surface area contributed by atoms with Gasteiger partial charge in [0.2, 0.25) is 0 Å². The largest absolute Gasteiger partial charge is 0.467 e. The van der Waals surface area contributed by atoms with Crippen molar-refractivity contribution in [3.05, 3.63) is 33.4 Å². The molecule has 6 heteroatoms. The zero-order valence-corrected chi connectivity index (χ0v) is 13.9. The van der Waals surface area contributed by atoms with Gasteiger partial charge in [0.1, 0.15) is 5.75 Å². The first-order chi connectivity index (χ1) is 11.7. The number of likely N-dealkylation sites (tertiary alicyclic amines) is 1. The molecule has 2 aliphatic heterocycles. The number of nitro benzene ring substituents is 1. The molecule has 0 aromatic heterocycles. The molecule has 0 bridgehead atoms. The molecule has 0 unspecified atom stereocenters. The van der Waals surface area contributed by atoms with Gasteiger partial charge >= 0.3 is 0 Å². The number of rotatable bonds is 3. The quantitative estimate of drug-likeness (QED) is 0.626. The van der Waals surface area contributed by atoms with Crippen LogP contribution in [-0.2, 0) is 17.9 Å². The third kappa shape index (κ3) is 3.13. The molecular formula is C18H24N2O4. The summed E-state index contributed by atoms with van der Waals surface area (Å²) in [6.45, 7) is 3.53. The van der Waals surface area contributed by atoms with E-state index < -0.39 is 0 Å². The van der Waals surface area contributed by atoms with E-state index in [2.05, 4.69) is 4.90 Å². The summed E-state index contributed by atoms with van der Waals surface area (Å²) in [5.74, 6) is 2.47. The predicted molar refractivity (Wildman–Crippen MR) is 88.7 cm³/mol. The minimum Gasteiger partial charge on any atom is -0.467 e. The molecule has 2 heterocycles. The third-order valence-electron chi connectivity index (χ3n) is 5.75. The highest BCUT2D eigenvalue weighted by atomic mass is 16.7. The van der Waals surface area contributed by atoms with Crippen molar-refractivity contribution in [1.29, 1.82) is 0 Å². The number of non-ortho nitro benzene ring substituents is 1. The van der Waals surface area contributed by atoms with E-state index in [-0.39, 0.29) is 17.4 Å². The monoisotopic (exact) mass is 332 g/mol. The molecular weight excluding hydrogens is 308 g/mol. The molecule has 0 spiro atoms. The topological polar surface area (TPSA) is 64.8 Å². The summed E-state index contributed by atoms with van der Waals surface area (Å²) in [4.78, 5) is 13.4. The van der Waals surface area contributed by atoms with E-state index in [4.69, 9.17) is 9.47 Å². The van der Waals surface area contributed by atoms with Gasteiger partial charge in [-0.15, -0.1) is 0 Å². The molecule has 1 aliphatic carbocycles. The normalized spacial score (nSPS) is 27.0. The van der Waals surface area contributed by atoms with Crippen LogP contribution in [0.2, 0.25) is 0 Å². The van der Waals surface area contributed by atoms with Crippen molar-refractivity contribution in [2.45, 2.75) is 45.3 Å². The van der Waals surface area contributed by atoms with Gasteiger partial charge in [-0.05, 0) is 31.2 Å². The van der Waals surface area contributed by atoms with Gasteiger partial charge in [0.05, 0.1) is 11.5 Å². The fraction of sp³-hybridized carbons (Fsp3) is 0.667. The molecule has 0 N–H and O–H groups in total. The van der Waals surface area contributed by atoms with E-state index in [1.54, 1.807) is 12.1 Å². The lowest BCUT2D eigenvalue weighted by atomic mass is 9.75. The molecule has 3 aliphatic rings. The lowest BCUT2D eigenvalue weighted by molar-refractivity contribution is -0.385. The maximum atomic E-state index is 11.2. The summed E-state index contributed by atoms with van der Waals surface area (Å²) < 4.78 is 11.0. The van der Waals surface area contributed by atoms with Crippen LogP contribution in [-0.4, -0.2) is 29.7 Å². The van der Waals surface area contributed by atoms with Gasteiger partial charge in [-0.25, -0.2) is 0 Å². The Kier molecular flexibility index (Phi) is 4.41. The Morgan fingerprint density at radius 2 is 2.04 bits per heavy atom. The van der Waals surface area contributed by atoms with Crippen LogP contribution < -0.4 is 4.74 Å². The Bertz CT molecular complexity index is 634. The van der Waals surface area contributed by atoms with E-state index in [0.29, 0.717) is 6.61 Å². The van der Waals surface area contributed by atoms with Crippen molar-refractivity contribution in [2.75, 3.05) is 19.9 Å². The molecule has 0 amide bonds. The zero-order chi connectivity index (χ0) is 16.5. The second kappa shape index (κ2) is 6.69. The Morgan fingerprint density at radius 1 is 1.21 bits per heavy atom. The smallest absolute Gasteiger partial charge is 0.270 e. The predicted octanol–water partition coefficient (Wildman–Crippen LogP) is 3.47. The van der Waals surface area contributed by atoms with Crippen LogP contribution in [0.4, 0.5) is 5.69 Å². The Hall–Kier alpha value is -1.66. The highest BCUT2D eigenvalue weighted by Gasteiger charge is 2.32. The highest BCUT2D eigenvalue weighted by Crippen LogP contribution is 2.38. The first-order valence-electron chi connectivity index (χ1n) is 8.94. The van der Waals surface area contributed by atoms with Crippen LogP contribution in [0.1, 0.15) is 43.2 Å². The fourth-order valence-corrected chi connectivity index (χ4v) is 4.56. The van der Waals surface area contributed by atoms with E-state index in [1.807, 2.05) is 0 Å². The standard InChI is InChI=1S/C18H24N2O4/c21-20(22)17-7-15(18-16(8-17)11-23-12-24-18)10-19-6-5-13-3-1-2-4-14(13)9-19/h7-8,13-14H,1-6,9-12H2/t13-,14+/m1/s1. The first-order valence-corrected chi connectivity index (χ1v) is 8.94. The second-order valence-corrected chi connectivity index (χ2v) is 7.29. The molecule has 1 aromatic carbocycles. The van der Waals surface area contributed by atoms with Crippen LogP contribution in [0.3, 0.4) is 0 Å². The number of hydrogen-bond donors (Lipinski definition) is 0. The molecule has 1 saturated carbocycles. The van der Waals surface area contributed by atoms with Crippen LogP contribution in [0.5, 0.6) is 5.75 Å². The van der Waals surface area contributed by atoms with Gasteiger partial charge in [0.25, 0.3) is 5.69 Å². The molecule has 0 radical (unpaired) electrons. The number of nitrogens with zero attached hydrogens (tertiary/aromatic N) is 2. The van der Waals surface area contributed by atoms with Gasteiger partial charge in [0, 0.05) is 36.3 Å². The minimum absolute atomic E-state index is 0.130. The number of piperidine rings is 1. The van der Waals surface area contributed by atoms with Crippen molar-refractivity contribution in [3.8, 4) is 5.75 Å². The van der Waals surface area contributed by atoms with Crippen LogP contribution in [0, 0.1) is 22.0 Å². The van der Waals surface area contributed by atoms with Crippen molar-refractivity contribution >= 4 is 5.69 Å². The average molecular weight is 332 g/mol. The Morgan fingerprint density at radius 3 is 2.88 bits per heavy atom. The molecule has 1 aromatic rings. The minimum atomic E-state index is -0.328. The SMILES string of the molecule is O=[N+]([O-])c1cc2c(c(CN3CC[C@H]4CCCC[C@H]4C3)c1)OCOC2. The molecule has 2 fully saturated rings. The fourth-order valence-electron chi connectivity index (χ4n) is 4.56. The summed E-state index contributed by atoms with van der Waals surface area (Å²) in [5, 5.41) is 11.2. The van der Waals surface area contributed by atoms with E-state index in [1.165, 1.54) is 32.1 Å². The van der Waals surface area contributed by atoms with Crippen LogP contribution in [0.25, 0.3) is 0 Å². The highest BCUT2D eigenvalue weighted by molar-refractivity contribution is 5.50. The second-order valence-electron chi connectivity index (χ2n) is 7.29. The maximum absolute atomic E-state index is 11.2. The molecule has 4 rings (SSSR count). The lowest BCUT2D eigenvalue weighted by Crippen LogP contribution is -2.41. The number of fused-ring (bicyclic) bond motifs is 2. The number of hydrogen-bond acceptors (Lipinski definition) is 5. The van der Waals surface area contributed by atoms with Gasteiger partial charge < -0.3 is 9.47 Å². The number of ether oxygens (including phenoxy) is 2. The Labute approximate surface area is 141 Å². The molecule has 130 valence electrons. The van der Waals surface area contributed by atoms with Gasteiger partial charge in [-0.3, -0.25) is 15.0 Å². The lowest BCUT2D eigenvalue weighted by Gasteiger charge is -2.41. The van der Waals surface area contributed by atoms with Crippen molar-refractivity contribution in [3.63, 3.8) is 0 Å². The first kappa shape index (κ1) is 15.8. The van der Waals surface area contributed by atoms with E-state index >= 15 is 0 Å². The molecule has 24 heavy (non-hydrogen) atoms. The molecule has 2 atom stereocenters. The summed E-state index contributed by atoms with van der Waals surface area (Å²) >= 11 is 0. The number of benzene rings is 1. The summed E-state index contributed by atoms with van der Waals surface area (Å²) in [7, 11) is 0. The van der Waals surface area contributed by atoms with Crippen LogP contribution in [0.15, 0.2) is 12.1 Å². The van der Waals surface area contributed by atoms with Crippen LogP contribution >= 0.6 is 0 Å². The summed E-state index contributed by atoms with van der Waals surface area (Å²) in [6.07, 6.45) is 6.70. The average Bonchev–Trinajstić information content (AvgIpc) is 2.61. The van der Waals surface area contributed by atoms with Gasteiger partial charge in [-0.2, -0.15) is 0 Å². The third-order valence-corrected chi connectivity index (χ3v) is 5.75.